The van der Waals surface area contributed by atoms with Gasteiger partial charge >= 0.3 is 35.8 Å². The van der Waals surface area contributed by atoms with E-state index < -0.39 is 23.9 Å². The van der Waals surface area contributed by atoms with Gasteiger partial charge in [-0.1, -0.05) is 116 Å². The molecule has 0 unspecified atom stereocenters. The molecule has 0 saturated carbocycles. The van der Waals surface area contributed by atoms with E-state index in [2.05, 4.69) is 13.2 Å². The second-order valence-corrected chi connectivity index (χ2v) is 18.9. The molecule has 422 valence electrons. The molecule has 15 heteroatoms. The van der Waals surface area contributed by atoms with Crippen LogP contribution in [0.4, 0.5) is 0 Å². The molecule has 5 rings (SSSR count). The lowest BCUT2D eigenvalue weighted by molar-refractivity contribution is -0.138. The first-order chi connectivity index (χ1) is 39.0. The predicted molar refractivity (Wildman–Crippen MR) is 302 cm³/mol. The summed E-state index contributed by atoms with van der Waals surface area (Å²) < 4.78 is 44.0. The monoisotopic (exact) mass is 1090 g/mol. The van der Waals surface area contributed by atoms with Crippen LogP contribution >= 0.6 is 0 Å². The lowest BCUT2D eigenvalue weighted by Gasteiger charge is -2.12. The zero-order valence-electron chi connectivity index (χ0n) is 45.7. The second-order valence-electron chi connectivity index (χ2n) is 18.9. The van der Waals surface area contributed by atoms with Crippen molar-refractivity contribution in [3.63, 3.8) is 0 Å². The summed E-state index contributed by atoms with van der Waals surface area (Å²) in [5, 5.41) is 9.56. The average molecular weight is 1090 g/mol. The minimum Gasteiger partial charge on any atom is -0.494 e. The lowest BCUT2D eigenvalue weighted by Crippen LogP contribution is -2.13. The highest BCUT2D eigenvalue weighted by molar-refractivity contribution is 5.95. The number of benzene rings is 5. The van der Waals surface area contributed by atoms with Crippen LogP contribution in [0.3, 0.4) is 0 Å². The van der Waals surface area contributed by atoms with Crippen LogP contribution in [0.25, 0.3) is 0 Å². The number of esters is 6. The highest BCUT2D eigenvalue weighted by Gasteiger charge is 2.19. The van der Waals surface area contributed by atoms with Crippen LogP contribution in [0.5, 0.6) is 34.5 Å². The Morgan fingerprint density at radius 1 is 0.350 bits per heavy atom. The minimum atomic E-state index is -0.829. The van der Waals surface area contributed by atoms with Crippen molar-refractivity contribution in [2.75, 3.05) is 26.4 Å². The molecular formula is C65H73NO14. The van der Waals surface area contributed by atoms with Gasteiger partial charge in [-0.2, -0.15) is 5.26 Å². The van der Waals surface area contributed by atoms with Crippen LogP contribution in [0.1, 0.15) is 175 Å². The Morgan fingerprint density at radius 3 is 0.963 bits per heavy atom. The fourth-order valence-electron chi connectivity index (χ4n) is 8.16. The normalized spacial score (nSPS) is 10.6. The Bertz CT molecular complexity index is 2780. The number of rotatable bonds is 38. The zero-order chi connectivity index (χ0) is 57.0. The van der Waals surface area contributed by atoms with Gasteiger partial charge < -0.3 is 37.9 Å². The van der Waals surface area contributed by atoms with Crippen molar-refractivity contribution in [3.05, 3.63) is 168 Å². The first kappa shape index (κ1) is 62.3. The molecule has 80 heavy (non-hydrogen) atoms. The second kappa shape index (κ2) is 36.6. The molecule has 0 spiro atoms. The summed E-state index contributed by atoms with van der Waals surface area (Å²) in [6, 6.07) is 30.8. The van der Waals surface area contributed by atoms with Crippen molar-refractivity contribution < 1.29 is 66.7 Å². The molecule has 0 fully saturated rings. The highest BCUT2D eigenvalue weighted by atomic mass is 16.6. The van der Waals surface area contributed by atoms with Gasteiger partial charge in [0.25, 0.3) is 0 Å². The van der Waals surface area contributed by atoms with Gasteiger partial charge in [0.15, 0.2) is 11.5 Å². The average Bonchev–Trinajstić information content (AvgIpc) is 3.49. The maximum atomic E-state index is 13.3. The number of ether oxygens (including phenoxy) is 8. The number of nitriles is 1. The molecule has 0 N–H and O–H groups in total. The number of carbonyl (C=O) groups is 6. The Morgan fingerprint density at radius 2 is 0.637 bits per heavy atom. The summed E-state index contributed by atoms with van der Waals surface area (Å²) in [6.45, 7) is 8.84. The van der Waals surface area contributed by atoms with Gasteiger partial charge in [-0.05, 0) is 135 Å². The zero-order valence-corrected chi connectivity index (χ0v) is 45.7. The quantitative estimate of drug-likeness (QED) is 0.0156. The SMILES string of the molecule is C=CC(=O)OCCCCCCCCCCCCOc1ccc(C(=O)Oc2ccc(C(=O)Oc3ccc(C#N)cc3OC(=O)c3ccc(OC(=O)c4ccc(OCCCCCCCCCCCCOC(=O)C=C)cc4)cc3)cc2)cc1. The molecule has 0 aliphatic heterocycles. The third kappa shape index (κ3) is 24.0. The summed E-state index contributed by atoms with van der Waals surface area (Å²) in [7, 11) is 0. The molecule has 0 saturated heterocycles. The van der Waals surface area contributed by atoms with E-state index in [1.807, 2.05) is 6.07 Å². The first-order valence-electron chi connectivity index (χ1n) is 27.7. The van der Waals surface area contributed by atoms with Crippen LogP contribution in [-0.2, 0) is 19.1 Å². The highest BCUT2D eigenvalue weighted by Crippen LogP contribution is 2.31. The largest absolute Gasteiger partial charge is 0.494 e. The van der Waals surface area contributed by atoms with Gasteiger partial charge in [-0.15, -0.1) is 0 Å². The summed E-state index contributed by atoms with van der Waals surface area (Å²) >= 11 is 0. The molecule has 0 bridgehead atoms. The standard InChI is InChI=1S/C65H73NO14/c1-3-60(67)75-45-23-19-15-11-7-5-9-13-17-21-43-73-54-34-26-50(27-35-54)62(69)77-56-38-30-52(31-39-56)64(71)79-58-42-25-49(48-66)47-59(58)80-65(72)53-32-40-57(41-33-53)78-63(70)51-28-36-55(37-29-51)74-44-22-18-14-10-6-8-12-16-20-24-46-76-61(68)4-2/h3-4,25-42,47H,1-2,5-24,43-46H2. The minimum absolute atomic E-state index is 0.0885. The molecule has 5 aromatic rings. The molecule has 0 amide bonds. The molecule has 0 aliphatic rings. The molecular weight excluding hydrogens is 1020 g/mol. The van der Waals surface area contributed by atoms with Crippen LogP contribution in [0, 0.1) is 11.3 Å². The smallest absolute Gasteiger partial charge is 0.343 e. The maximum Gasteiger partial charge on any atom is 0.343 e. The summed E-state index contributed by atoms with van der Waals surface area (Å²) in [6.07, 6.45) is 24.4. The molecule has 0 atom stereocenters. The number of carbonyl (C=O) groups excluding carboxylic acids is 6. The van der Waals surface area contributed by atoms with E-state index in [0.29, 0.717) is 49.1 Å². The van der Waals surface area contributed by atoms with Gasteiger partial charge in [0.1, 0.15) is 23.0 Å². The van der Waals surface area contributed by atoms with Crippen molar-refractivity contribution in [3.8, 4) is 40.6 Å². The van der Waals surface area contributed by atoms with Crippen LogP contribution < -0.4 is 28.4 Å². The van der Waals surface area contributed by atoms with E-state index >= 15 is 0 Å². The number of hydrogen-bond donors (Lipinski definition) is 0. The van der Waals surface area contributed by atoms with E-state index in [9.17, 15) is 34.0 Å². The van der Waals surface area contributed by atoms with Crippen molar-refractivity contribution in [1.82, 2.24) is 0 Å². The molecule has 0 aromatic heterocycles. The van der Waals surface area contributed by atoms with Gasteiger partial charge in [-0.3, -0.25) is 0 Å². The van der Waals surface area contributed by atoms with Crippen molar-refractivity contribution >= 4 is 35.8 Å². The van der Waals surface area contributed by atoms with Gasteiger partial charge in [0.05, 0.1) is 60.3 Å². The van der Waals surface area contributed by atoms with Gasteiger partial charge in [-0.25, -0.2) is 28.8 Å². The first-order valence-corrected chi connectivity index (χ1v) is 27.7. The van der Waals surface area contributed by atoms with Crippen molar-refractivity contribution in [2.45, 2.75) is 128 Å². The fraction of sp³-hybridized carbons (Fsp3) is 0.369. The third-order valence-corrected chi connectivity index (χ3v) is 12.7. The molecule has 0 heterocycles. The van der Waals surface area contributed by atoms with E-state index in [1.54, 1.807) is 48.5 Å². The van der Waals surface area contributed by atoms with Crippen molar-refractivity contribution in [2.24, 2.45) is 0 Å². The van der Waals surface area contributed by atoms with E-state index in [-0.39, 0.29) is 51.6 Å². The topological polar surface area (TPSA) is 200 Å². The summed E-state index contributed by atoms with van der Waals surface area (Å²) in [4.78, 5) is 74.5. The van der Waals surface area contributed by atoms with Crippen molar-refractivity contribution in [1.29, 1.82) is 5.26 Å². The Kier molecular flexibility index (Phi) is 28.5. The summed E-state index contributed by atoms with van der Waals surface area (Å²) in [5.41, 5.74) is 0.966. The molecule has 0 aliphatic carbocycles. The van der Waals surface area contributed by atoms with E-state index in [0.717, 1.165) is 77.0 Å². The molecule has 15 nitrogen and oxygen atoms in total. The molecule has 5 aromatic carbocycles. The fourth-order valence-corrected chi connectivity index (χ4v) is 8.16. The Labute approximate surface area is 469 Å². The predicted octanol–water partition coefficient (Wildman–Crippen LogP) is 14.5. The van der Waals surface area contributed by atoms with E-state index in [1.165, 1.54) is 130 Å². The molecule has 0 radical (unpaired) electrons. The van der Waals surface area contributed by atoms with Crippen LogP contribution in [0.15, 0.2) is 141 Å². The van der Waals surface area contributed by atoms with E-state index in [4.69, 9.17) is 37.9 Å². The Balaban J connectivity index is 0.965. The maximum absolute atomic E-state index is 13.3. The number of hydrogen-bond acceptors (Lipinski definition) is 15. The summed E-state index contributed by atoms with van der Waals surface area (Å²) in [5.74, 6) is -2.20. The number of unbranched alkanes of at least 4 members (excludes halogenated alkanes) is 18. The van der Waals surface area contributed by atoms with Gasteiger partial charge in [0, 0.05) is 18.2 Å². The van der Waals surface area contributed by atoms with Crippen LogP contribution in [0.2, 0.25) is 0 Å². The van der Waals surface area contributed by atoms with Gasteiger partial charge in [0.2, 0.25) is 0 Å². The van der Waals surface area contributed by atoms with Crippen LogP contribution in [-0.4, -0.2) is 62.2 Å². The third-order valence-electron chi connectivity index (χ3n) is 12.7. The lowest BCUT2D eigenvalue weighted by atomic mass is 10.1. The number of nitrogens with zero attached hydrogens (tertiary/aromatic N) is 1. The Hall–Kier alpha value is -8.51.